The Kier molecular flexibility index (Phi) is 4.66. The highest BCUT2D eigenvalue weighted by atomic mass is 35.5. The van der Waals surface area contributed by atoms with Crippen molar-refractivity contribution in [3.8, 4) is 11.5 Å². The Morgan fingerprint density at radius 1 is 0.900 bits per heavy atom. The first kappa shape index (κ1) is 15.3. The van der Waals surface area contributed by atoms with Gasteiger partial charge in [-0.05, 0) is 18.2 Å². The van der Waals surface area contributed by atoms with Crippen molar-refractivity contribution < 1.29 is 4.74 Å². The molecule has 0 radical (unpaired) electrons. The largest absolute Gasteiger partial charge is 0.455 e. The molecule has 0 saturated carbocycles. The van der Waals surface area contributed by atoms with Crippen molar-refractivity contribution >= 4 is 52.2 Å². The normalized spacial score (nSPS) is 10.4. The predicted octanol–water partition coefficient (Wildman–Crippen LogP) is 5.38. The number of nitrogens with one attached hydrogen (secondary N) is 1. The van der Waals surface area contributed by atoms with Gasteiger partial charge in [0.05, 0.1) is 25.7 Å². The Hall–Kier alpha value is -1.13. The van der Waals surface area contributed by atoms with Crippen LogP contribution in [-0.4, -0.2) is 5.84 Å². The third-order valence-electron chi connectivity index (χ3n) is 2.44. The topological polar surface area (TPSA) is 59.1 Å². The van der Waals surface area contributed by atoms with Crippen molar-refractivity contribution in [2.75, 3.05) is 0 Å². The van der Waals surface area contributed by atoms with E-state index in [1.165, 1.54) is 12.1 Å². The van der Waals surface area contributed by atoms with Crippen LogP contribution in [0, 0.1) is 5.41 Å². The molecule has 0 heterocycles. The van der Waals surface area contributed by atoms with E-state index in [1.807, 2.05) is 0 Å². The summed E-state index contributed by atoms with van der Waals surface area (Å²) in [6.07, 6.45) is 0. The molecule has 0 aliphatic heterocycles. The second kappa shape index (κ2) is 6.10. The monoisotopic (exact) mass is 348 g/mol. The van der Waals surface area contributed by atoms with Crippen molar-refractivity contribution in [2.24, 2.45) is 5.73 Å². The van der Waals surface area contributed by atoms with Gasteiger partial charge in [-0.3, -0.25) is 5.41 Å². The molecule has 0 amide bonds. The van der Waals surface area contributed by atoms with Crippen LogP contribution in [0.4, 0.5) is 0 Å². The van der Waals surface area contributed by atoms with Crippen molar-refractivity contribution in [3.05, 3.63) is 56.0 Å². The summed E-state index contributed by atoms with van der Waals surface area (Å²) in [4.78, 5) is 0. The van der Waals surface area contributed by atoms with E-state index in [0.717, 1.165) is 0 Å². The van der Waals surface area contributed by atoms with Gasteiger partial charge in [0.25, 0.3) is 0 Å². The van der Waals surface area contributed by atoms with Gasteiger partial charge in [-0.1, -0.05) is 52.5 Å². The molecule has 0 bridgehead atoms. The maximum Gasteiger partial charge on any atom is 0.147 e. The molecule has 0 atom stereocenters. The Labute approximate surface area is 135 Å². The summed E-state index contributed by atoms with van der Waals surface area (Å²) in [6.45, 7) is 0. The molecular weight excluding hydrogens is 342 g/mol. The highest BCUT2D eigenvalue weighted by Gasteiger charge is 2.14. The Morgan fingerprint density at radius 2 is 1.55 bits per heavy atom. The van der Waals surface area contributed by atoms with Gasteiger partial charge in [-0.15, -0.1) is 0 Å². The number of hydrogen-bond acceptors (Lipinski definition) is 2. The fourth-order valence-electron chi connectivity index (χ4n) is 1.55. The molecule has 0 spiro atoms. The Morgan fingerprint density at radius 3 is 2.20 bits per heavy atom. The smallest absolute Gasteiger partial charge is 0.147 e. The summed E-state index contributed by atoms with van der Waals surface area (Å²) in [5, 5.41) is 8.77. The van der Waals surface area contributed by atoms with Crippen LogP contribution in [-0.2, 0) is 0 Å². The highest BCUT2D eigenvalue weighted by molar-refractivity contribution is 6.43. The number of nitrogen functional groups attached to an aromatic ring is 1. The van der Waals surface area contributed by atoms with Crippen molar-refractivity contribution in [2.45, 2.75) is 0 Å². The molecule has 7 heteroatoms. The number of halogens is 4. The number of hydrogen-bond donors (Lipinski definition) is 2. The minimum atomic E-state index is -0.207. The summed E-state index contributed by atoms with van der Waals surface area (Å²) in [5.74, 6) is 0.401. The lowest BCUT2D eigenvalue weighted by Crippen LogP contribution is -2.13. The summed E-state index contributed by atoms with van der Waals surface area (Å²) >= 11 is 23.8. The van der Waals surface area contributed by atoms with Gasteiger partial charge in [0.1, 0.15) is 17.3 Å². The van der Waals surface area contributed by atoms with E-state index in [4.69, 9.17) is 62.3 Å². The third kappa shape index (κ3) is 3.13. The number of benzene rings is 2. The molecule has 0 aliphatic rings. The molecule has 3 N–H and O–H groups in total. The Balaban J connectivity index is 2.48. The molecule has 0 saturated heterocycles. The molecule has 0 aliphatic carbocycles. The molecule has 0 unspecified atom stereocenters. The average molecular weight is 350 g/mol. The van der Waals surface area contributed by atoms with Crippen molar-refractivity contribution in [1.29, 1.82) is 5.41 Å². The molecule has 104 valence electrons. The van der Waals surface area contributed by atoms with Crippen LogP contribution in [0.3, 0.4) is 0 Å². The van der Waals surface area contributed by atoms with Crippen LogP contribution in [0.2, 0.25) is 20.1 Å². The zero-order valence-electron chi connectivity index (χ0n) is 9.88. The van der Waals surface area contributed by atoms with E-state index in [-0.39, 0.29) is 16.4 Å². The minimum Gasteiger partial charge on any atom is -0.455 e. The quantitative estimate of drug-likeness (QED) is 0.444. The fraction of sp³-hybridized carbons (Fsp3) is 0. The van der Waals surface area contributed by atoms with E-state index in [1.54, 1.807) is 18.2 Å². The lowest BCUT2D eigenvalue weighted by Gasteiger charge is -2.13. The molecule has 0 aromatic heterocycles. The molecule has 3 nitrogen and oxygen atoms in total. The van der Waals surface area contributed by atoms with Gasteiger partial charge in [0.15, 0.2) is 0 Å². The first-order valence-electron chi connectivity index (χ1n) is 5.35. The highest BCUT2D eigenvalue weighted by Crippen LogP contribution is 2.38. The Bertz CT molecular complexity index is 688. The van der Waals surface area contributed by atoms with Crippen LogP contribution in [0.1, 0.15) is 5.56 Å². The lowest BCUT2D eigenvalue weighted by atomic mass is 10.2. The van der Waals surface area contributed by atoms with Crippen LogP contribution in [0.15, 0.2) is 30.3 Å². The number of ether oxygens (including phenoxy) is 1. The minimum absolute atomic E-state index is 0.207. The maximum absolute atomic E-state index is 7.55. The lowest BCUT2D eigenvalue weighted by molar-refractivity contribution is 0.482. The van der Waals surface area contributed by atoms with Gasteiger partial charge in [-0.2, -0.15) is 0 Å². The third-order valence-corrected chi connectivity index (χ3v) is 3.77. The standard InChI is InChI=1S/C13H8Cl4N2O/c14-6-2-1-3-10(12(6)13(18)19)20-11-5-8(16)7(15)4-9(11)17/h1-5H,(H3,18,19). The van der Waals surface area contributed by atoms with Crippen LogP contribution in [0.5, 0.6) is 11.5 Å². The van der Waals surface area contributed by atoms with Crippen molar-refractivity contribution in [3.63, 3.8) is 0 Å². The zero-order valence-corrected chi connectivity index (χ0v) is 12.9. The maximum atomic E-state index is 7.55. The van der Waals surface area contributed by atoms with E-state index < -0.39 is 0 Å². The summed E-state index contributed by atoms with van der Waals surface area (Å²) < 4.78 is 5.64. The van der Waals surface area contributed by atoms with Gasteiger partial charge < -0.3 is 10.5 Å². The summed E-state index contributed by atoms with van der Waals surface area (Å²) in [6, 6.07) is 7.87. The zero-order chi connectivity index (χ0) is 14.9. The second-order valence-electron chi connectivity index (χ2n) is 3.83. The summed E-state index contributed by atoms with van der Waals surface area (Å²) in [5.41, 5.74) is 5.79. The van der Waals surface area contributed by atoms with E-state index in [0.29, 0.717) is 26.6 Å². The van der Waals surface area contributed by atoms with E-state index in [2.05, 4.69) is 0 Å². The first-order chi connectivity index (χ1) is 9.40. The van der Waals surface area contributed by atoms with E-state index in [9.17, 15) is 0 Å². The number of nitrogens with two attached hydrogens (primary N) is 1. The summed E-state index contributed by atoms with van der Waals surface area (Å²) in [7, 11) is 0. The molecule has 2 aromatic rings. The fourth-order valence-corrected chi connectivity index (χ4v) is 2.39. The van der Waals surface area contributed by atoms with Gasteiger partial charge in [0, 0.05) is 6.07 Å². The molecule has 2 aromatic carbocycles. The van der Waals surface area contributed by atoms with Gasteiger partial charge in [0.2, 0.25) is 0 Å². The molecule has 0 fully saturated rings. The average Bonchev–Trinajstić information content (AvgIpc) is 2.35. The van der Waals surface area contributed by atoms with Crippen LogP contribution < -0.4 is 10.5 Å². The van der Waals surface area contributed by atoms with Crippen molar-refractivity contribution in [1.82, 2.24) is 0 Å². The molecular formula is C13H8Cl4N2O. The second-order valence-corrected chi connectivity index (χ2v) is 5.45. The number of amidine groups is 1. The van der Waals surface area contributed by atoms with Crippen LogP contribution >= 0.6 is 46.4 Å². The molecule has 20 heavy (non-hydrogen) atoms. The van der Waals surface area contributed by atoms with E-state index >= 15 is 0 Å². The van der Waals surface area contributed by atoms with Gasteiger partial charge in [-0.25, -0.2) is 0 Å². The van der Waals surface area contributed by atoms with Gasteiger partial charge >= 0.3 is 0 Å². The SMILES string of the molecule is N=C(N)c1c(Cl)cccc1Oc1cc(Cl)c(Cl)cc1Cl. The van der Waals surface area contributed by atoms with Crippen LogP contribution in [0.25, 0.3) is 0 Å². The number of rotatable bonds is 3. The predicted molar refractivity (Wildman–Crippen MR) is 84.0 cm³/mol. The first-order valence-corrected chi connectivity index (χ1v) is 6.86. The molecule has 2 rings (SSSR count).